The van der Waals surface area contributed by atoms with Gasteiger partial charge in [-0.25, -0.2) is 4.39 Å². The summed E-state index contributed by atoms with van der Waals surface area (Å²) in [4.78, 5) is 12.6. The average molecular weight is 466 g/mol. The molecule has 164 valence electrons. The number of carbonyl (C=O) groups is 1. The van der Waals surface area contributed by atoms with Gasteiger partial charge in [-0.1, -0.05) is 42.2 Å². The van der Waals surface area contributed by atoms with Gasteiger partial charge in [0.1, 0.15) is 4.32 Å². The summed E-state index contributed by atoms with van der Waals surface area (Å²) in [5.74, 6) is 1.23. The first kappa shape index (κ1) is 20.4. The Balaban J connectivity index is 1.40. The number of aromatic hydroxyl groups is 1. The molecule has 0 atom stereocenters. The molecule has 4 aliphatic carbocycles. The number of thioether (sulfide) groups is 1. The Morgan fingerprint density at radius 1 is 1.06 bits per heavy atom. The molecule has 2 aromatic carbocycles. The lowest BCUT2D eigenvalue weighted by Gasteiger charge is -2.57. The second-order valence-corrected chi connectivity index (χ2v) is 11.7. The van der Waals surface area contributed by atoms with Crippen LogP contribution in [0.2, 0.25) is 0 Å². The van der Waals surface area contributed by atoms with Crippen LogP contribution in [0.3, 0.4) is 0 Å². The molecule has 5 aliphatic rings. The monoisotopic (exact) mass is 465 g/mol. The van der Waals surface area contributed by atoms with Crippen LogP contribution in [0.5, 0.6) is 5.75 Å². The zero-order valence-corrected chi connectivity index (χ0v) is 19.2. The standard InChI is InChI=1S/C26H24FNO2S2/c27-21-10-19(18-3-1-2-14(7-18)8-22-24(30)28-25(31)32-22)9-20(23(21)29)26-11-15-4-16(12-26)6-17(5-15)13-26/h1-3,7-10,15-17,29H,4-6,11-13H2,(H,28,30,31)/b22-8+. The average Bonchev–Trinajstić information content (AvgIpc) is 3.05. The molecule has 1 aliphatic heterocycles. The number of phenols is 1. The van der Waals surface area contributed by atoms with Gasteiger partial charge in [0.15, 0.2) is 11.6 Å². The summed E-state index contributed by atoms with van der Waals surface area (Å²) in [5.41, 5.74) is 3.20. The van der Waals surface area contributed by atoms with E-state index < -0.39 is 5.82 Å². The molecule has 4 saturated carbocycles. The molecular formula is C26H24FNO2S2. The maximum atomic E-state index is 15.0. The Bertz CT molecular complexity index is 1150. The second-order valence-electron chi connectivity index (χ2n) is 10.0. The predicted molar refractivity (Wildman–Crippen MR) is 130 cm³/mol. The number of phenolic OH excluding ortho intramolecular Hbond substituents is 1. The fourth-order valence-corrected chi connectivity index (χ4v) is 8.04. The smallest absolute Gasteiger partial charge is 0.263 e. The van der Waals surface area contributed by atoms with E-state index in [1.165, 1.54) is 37.1 Å². The number of carbonyl (C=O) groups excluding carboxylic acids is 1. The molecule has 4 bridgehead atoms. The summed E-state index contributed by atoms with van der Waals surface area (Å²) in [6, 6.07) is 11.2. The molecule has 0 aromatic heterocycles. The molecule has 2 aromatic rings. The Labute approximate surface area is 196 Å². The molecule has 6 heteroatoms. The van der Waals surface area contributed by atoms with Gasteiger partial charge in [-0.05, 0) is 103 Å². The number of benzene rings is 2. The molecular weight excluding hydrogens is 441 g/mol. The quantitative estimate of drug-likeness (QED) is 0.421. The SMILES string of the molecule is O=C1NC(=S)S/C1=C/c1cccc(-c2cc(F)c(O)c(C34CC5CC(CC(C5)C3)C4)c2)c1. The van der Waals surface area contributed by atoms with Crippen molar-refractivity contribution in [3.8, 4) is 16.9 Å². The first-order chi connectivity index (χ1) is 15.4. The summed E-state index contributed by atoms with van der Waals surface area (Å²) in [5, 5.41) is 13.4. The fraction of sp³-hybridized carbons (Fsp3) is 0.385. The van der Waals surface area contributed by atoms with E-state index in [0.717, 1.165) is 41.5 Å². The largest absolute Gasteiger partial charge is 0.505 e. The zero-order chi connectivity index (χ0) is 22.0. The number of thiocarbonyl (C=S) groups is 1. The van der Waals surface area contributed by atoms with E-state index in [-0.39, 0.29) is 17.1 Å². The topological polar surface area (TPSA) is 49.3 Å². The highest BCUT2D eigenvalue weighted by molar-refractivity contribution is 8.26. The number of halogens is 1. The minimum absolute atomic E-state index is 0.0937. The third-order valence-electron chi connectivity index (χ3n) is 7.83. The maximum Gasteiger partial charge on any atom is 0.263 e. The molecule has 2 N–H and O–H groups in total. The van der Waals surface area contributed by atoms with E-state index in [2.05, 4.69) is 5.32 Å². The minimum atomic E-state index is -0.548. The number of nitrogens with one attached hydrogen (secondary N) is 1. The maximum absolute atomic E-state index is 15.0. The molecule has 32 heavy (non-hydrogen) atoms. The van der Waals surface area contributed by atoms with Gasteiger partial charge in [0.2, 0.25) is 0 Å². The van der Waals surface area contributed by atoms with Crippen molar-refractivity contribution in [1.82, 2.24) is 5.32 Å². The lowest BCUT2D eigenvalue weighted by Crippen LogP contribution is -2.48. The predicted octanol–water partition coefficient (Wildman–Crippen LogP) is 6.15. The van der Waals surface area contributed by atoms with Gasteiger partial charge in [-0.15, -0.1) is 0 Å². The Hall–Kier alpha value is -2.18. The molecule has 0 radical (unpaired) electrons. The van der Waals surface area contributed by atoms with Crippen LogP contribution in [0.4, 0.5) is 4.39 Å². The van der Waals surface area contributed by atoms with Crippen LogP contribution in [0.25, 0.3) is 17.2 Å². The van der Waals surface area contributed by atoms with Crippen LogP contribution in [0, 0.1) is 23.6 Å². The molecule has 1 heterocycles. The zero-order valence-electron chi connectivity index (χ0n) is 17.6. The van der Waals surface area contributed by atoms with Crippen molar-refractivity contribution in [1.29, 1.82) is 0 Å². The van der Waals surface area contributed by atoms with Crippen molar-refractivity contribution in [3.63, 3.8) is 0 Å². The van der Waals surface area contributed by atoms with Gasteiger partial charge in [0.05, 0.1) is 4.91 Å². The summed E-state index contributed by atoms with van der Waals surface area (Å²) in [7, 11) is 0. The van der Waals surface area contributed by atoms with E-state index in [9.17, 15) is 9.90 Å². The van der Waals surface area contributed by atoms with Crippen molar-refractivity contribution in [2.24, 2.45) is 17.8 Å². The van der Waals surface area contributed by atoms with Gasteiger partial charge in [0, 0.05) is 5.56 Å². The van der Waals surface area contributed by atoms with Crippen molar-refractivity contribution < 1.29 is 14.3 Å². The molecule has 5 fully saturated rings. The van der Waals surface area contributed by atoms with Crippen LogP contribution in [0.15, 0.2) is 41.3 Å². The normalized spacial score (nSPS) is 32.0. The molecule has 7 rings (SSSR count). The number of hydrogen-bond donors (Lipinski definition) is 2. The first-order valence-electron chi connectivity index (χ1n) is 11.3. The van der Waals surface area contributed by atoms with E-state index in [0.29, 0.717) is 27.0 Å². The Kier molecular flexibility index (Phi) is 4.74. The second kappa shape index (κ2) is 7.42. The van der Waals surface area contributed by atoms with Gasteiger partial charge < -0.3 is 10.4 Å². The molecule has 1 amide bonds. The number of amides is 1. The highest BCUT2D eigenvalue weighted by atomic mass is 32.2. The third kappa shape index (κ3) is 3.39. The van der Waals surface area contributed by atoms with E-state index in [1.807, 2.05) is 30.3 Å². The summed E-state index contributed by atoms with van der Waals surface area (Å²) < 4.78 is 15.5. The van der Waals surface area contributed by atoms with Crippen molar-refractivity contribution in [2.45, 2.75) is 43.9 Å². The molecule has 0 unspecified atom stereocenters. The summed E-state index contributed by atoms with van der Waals surface area (Å²) in [6.45, 7) is 0. The van der Waals surface area contributed by atoms with Crippen LogP contribution < -0.4 is 5.32 Å². The molecule has 3 nitrogen and oxygen atoms in total. The Morgan fingerprint density at radius 3 is 2.38 bits per heavy atom. The highest BCUT2D eigenvalue weighted by Crippen LogP contribution is 2.62. The lowest BCUT2D eigenvalue weighted by molar-refractivity contribution is -0.115. The number of hydrogen-bond acceptors (Lipinski definition) is 4. The minimum Gasteiger partial charge on any atom is -0.505 e. The third-order valence-corrected chi connectivity index (χ3v) is 9.00. The van der Waals surface area contributed by atoms with Crippen molar-refractivity contribution >= 4 is 40.3 Å². The van der Waals surface area contributed by atoms with E-state index in [1.54, 1.807) is 6.08 Å². The van der Waals surface area contributed by atoms with Gasteiger partial charge in [-0.3, -0.25) is 4.79 Å². The fourth-order valence-electron chi connectivity index (χ4n) is 6.99. The number of rotatable bonds is 3. The highest BCUT2D eigenvalue weighted by Gasteiger charge is 2.52. The van der Waals surface area contributed by atoms with Crippen molar-refractivity contribution in [3.05, 3.63) is 58.2 Å². The summed E-state index contributed by atoms with van der Waals surface area (Å²) >= 11 is 6.31. The Morgan fingerprint density at radius 2 is 1.75 bits per heavy atom. The van der Waals surface area contributed by atoms with E-state index >= 15 is 4.39 Å². The van der Waals surface area contributed by atoms with Gasteiger partial charge in [0.25, 0.3) is 5.91 Å². The summed E-state index contributed by atoms with van der Waals surface area (Å²) in [6.07, 6.45) is 8.89. The van der Waals surface area contributed by atoms with E-state index in [4.69, 9.17) is 12.2 Å². The van der Waals surface area contributed by atoms with Crippen LogP contribution in [0.1, 0.15) is 49.7 Å². The first-order valence-corrected chi connectivity index (χ1v) is 12.5. The van der Waals surface area contributed by atoms with Crippen LogP contribution in [-0.4, -0.2) is 15.3 Å². The molecule has 0 spiro atoms. The van der Waals surface area contributed by atoms with Gasteiger partial charge in [-0.2, -0.15) is 0 Å². The molecule has 1 saturated heterocycles. The van der Waals surface area contributed by atoms with Crippen molar-refractivity contribution in [2.75, 3.05) is 0 Å². The van der Waals surface area contributed by atoms with Crippen LogP contribution in [-0.2, 0) is 10.2 Å². The lowest BCUT2D eigenvalue weighted by atomic mass is 9.48. The van der Waals surface area contributed by atoms with Gasteiger partial charge >= 0.3 is 0 Å². The van der Waals surface area contributed by atoms with Crippen LogP contribution >= 0.6 is 24.0 Å².